The van der Waals surface area contributed by atoms with E-state index in [9.17, 15) is 0 Å². The second kappa shape index (κ2) is 12.9. The predicted octanol–water partition coefficient (Wildman–Crippen LogP) is 6.94. The van der Waals surface area contributed by atoms with Crippen LogP contribution in [-0.4, -0.2) is 16.1 Å². The fourth-order valence-corrected chi connectivity index (χ4v) is 10.9. The quantitative estimate of drug-likeness (QED) is 0.247. The Bertz CT molecular complexity index is 639. The van der Waals surface area contributed by atoms with E-state index in [-0.39, 0.29) is 0 Å². The van der Waals surface area contributed by atoms with Crippen LogP contribution in [0.15, 0.2) is 0 Å². The topological polar surface area (TPSA) is 23.8 Å². The van der Waals surface area contributed by atoms with Crippen molar-refractivity contribution >= 4 is 16.1 Å². The summed E-state index contributed by atoms with van der Waals surface area (Å²) in [7, 11) is -3.09. The summed E-state index contributed by atoms with van der Waals surface area (Å²) in [4.78, 5) is 0. The summed E-state index contributed by atoms with van der Waals surface area (Å²) in [5, 5.41) is 8.63. The van der Waals surface area contributed by atoms with Gasteiger partial charge in [-0.25, -0.2) is 0 Å². The molecule has 0 aliphatic carbocycles. The van der Waals surface area contributed by atoms with E-state index in [1.54, 1.807) is 0 Å². The van der Waals surface area contributed by atoms with Gasteiger partial charge in [-0.1, -0.05) is 60.6 Å². The number of hydrogen-bond acceptors (Lipinski definition) is 1. The zero-order chi connectivity index (χ0) is 20.9. The zero-order valence-electron chi connectivity index (χ0n) is 18.9. The van der Waals surface area contributed by atoms with Crippen molar-refractivity contribution in [3.05, 3.63) is 0 Å². The predicted molar refractivity (Wildman–Crippen MR) is 125 cm³/mol. The summed E-state index contributed by atoms with van der Waals surface area (Å²) >= 11 is 0. The first-order valence-electron chi connectivity index (χ1n) is 10.5. The van der Waals surface area contributed by atoms with Crippen LogP contribution in [0, 0.1) is 46.1 Å². The average molecular weight is 398 g/mol. The van der Waals surface area contributed by atoms with Gasteiger partial charge in [0.2, 0.25) is 0 Å². The minimum atomic E-state index is -1.65. The van der Waals surface area contributed by atoms with Crippen molar-refractivity contribution in [2.45, 2.75) is 109 Å². The van der Waals surface area contributed by atoms with Gasteiger partial charge in [-0.3, -0.25) is 0 Å². The molecule has 1 nitrogen and oxygen atoms in total. The van der Waals surface area contributed by atoms with E-state index >= 15 is 0 Å². The lowest BCUT2D eigenvalue weighted by Crippen LogP contribution is -2.43. The van der Waals surface area contributed by atoms with Crippen molar-refractivity contribution in [1.29, 1.82) is 5.26 Å². The van der Waals surface area contributed by atoms with E-state index in [4.69, 9.17) is 5.26 Å². The molecule has 0 aliphatic heterocycles. The van der Waals surface area contributed by atoms with Crippen LogP contribution in [0.25, 0.3) is 0 Å². The third-order valence-electron chi connectivity index (χ3n) is 5.42. The molecule has 0 spiro atoms. The van der Waals surface area contributed by atoms with E-state index in [2.05, 4.69) is 95.5 Å². The molecule has 0 bridgehead atoms. The smallest absolute Gasteiger partial charge is 0.147 e. The number of rotatable bonds is 8. The van der Waals surface area contributed by atoms with Gasteiger partial charge < -0.3 is 0 Å². The number of hydrogen-bond donors (Lipinski definition) is 0. The van der Waals surface area contributed by atoms with Crippen LogP contribution < -0.4 is 0 Å². The maximum atomic E-state index is 8.63. The van der Waals surface area contributed by atoms with Gasteiger partial charge in [-0.2, -0.15) is 5.26 Å². The van der Waals surface area contributed by atoms with Crippen LogP contribution in [0.1, 0.15) is 73.6 Å². The first-order valence-corrected chi connectivity index (χ1v) is 15.9. The molecule has 0 aromatic rings. The van der Waals surface area contributed by atoms with E-state index < -0.39 is 16.1 Å². The van der Waals surface area contributed by atoms with Crippen molar-refractivity contribution in [1.82, 2.24) is 0 Å². The van der Waals surface area contributed by atoms with Crippen LogP contribution in [0.3, 0.4) is 0 Å². The number of nitriles is 1. The van der Waals surface area contributed by atoms with Crippen LogP contribution in [0.2, 0.25) is 35.8 Å². The molecule has 0 amide bonds. The molecule has 3 heteroatoms. The van der Waals surface area contributed by atoms with E-state index in [1.807, 2.05) is 0 Å². The van der Waals surface area contributed by atoms with Gasteiger partial charge in [0.05, 0.1) is 6.07 Å². The van der Waals surface area contributed by atoms with Crippen LogP contribution in [-0.2, 0) is 0 Å². The molecule has 148 valence electrons. The van der Waals surface area contributed by atoms with Gasteiger partial charge >= 0.3 is 0 Å². The molecule has 0 N–H and O–H groups in total. The Hall–Kier alpha value is -1.40. The van der Waals surface area contributed by atoms with Crippen LogP contribution in [0.5, 0.6) is 0 Å². The molecule has 0 saturated carbocycles. The SMILES string of the molecule is CC(C)[Si](C#CC#CCCCC#C[Si](C)(C)CCCC#N)(C(C)C)C(C)C. The van der Waals surface area contributed by atoms with Crippen molar-refractivity contribution < 1.29 is 0 Å². The maximum Gasteiger partial charge on any atom is 0.147 e. The molecule has 0 radical (unpaired) electrons. The second-order valence-electron chi connectivity index (χ2n) is 9.00. The third-order valence-corrected chi connectivity index (χ3v) is 14.2. The lowest BCUT2D eigenvalue weighted by Gasteiger charge is -2.37. The standard InChI is InChI=1S/C24H39NSi2/c1-22(2)27(23(3)4,24(5)6)21-16-13-11-9-10-12-15-19-26(7,8)20-17-14-18-25/h22-24H,9-10,12,14,17,20H2,1-8H3. The Morgan fingerprint density at radius 1 is 0.704 bits per heavy atom. The van der Waals surface area contributed by atoms with Gasteiger partial charge in [-0.15, -0.1) is 17.0 Å². The zero-order valence-corrected chi connectivity index (χ0v) is 20.9. The summed E-state index contributed by atoms with van der Waals surface area (Å²) in [5.41, 5.74) is 9.10. The maximum absolute atomic E-state index is 8.63. The second-order valence-corrected chi connectivity index (χ2v) is 19.1. The highest BCUT2D eigenvalue weighted by Gasteiger charge is 2.41. The van der Waals surface area contributed by atoms with E-state index in [1.165, 1.54) is 0 Å². The van der Waals surface area contributed by atoms with Gasteiger partial charge in [0, 0.05) is 19.3 Å². The van der Waals surface area contributed by atoms with Crippen molar-refractivity contribution in [3.63, 3.8) is 0 Å². The number of unbranched alkanes of at least 4 members (excludes halogenated alkanes) is 3. The highest BCUT2D eigenvalue weighted by atomic mass is 28.3. The molecule has 0 aromatic heterocycles. The Morgan fingerprint density at radius 3 is 1.78 bits per heavy atom. The minimum Gasteiger partial charge on any atom is -0.198 e. The largest absolute Gasteiger partial charge is 0.198 e. The van der Waals surface area contributed by atoms with E-state index in [0.29, 0.717) is 23.0 Å². The fraction of sp³-hybridized carbons (Fsp3) is 0.708. The first kappa shape index (κ1) is 25.6. The highest BCUT2D eigenvalue weighted by Crippen LogP contribution is 2.40. The molecular formula is C24H39NSi2. The molecule has 0 saturated heterocycles. The van der Waals surface area contributed by atoms with Crippen molar-refractivity contribution in [2.24, 2.45) is 0 Å². The summed E-state index contributed by atoms with van der Waals surface area (Å²) in [6.45, 7) is 18.6. The molecule has 0 aromatic carbocycles. The monoisotopic (exact) mass is 397 g/mol. The van der Waals surface area contributed by atoms with Crippen molar-refractivity contribution in [3.8, 4) is 40.8 Å². The van der Waals surface area contributed by atoms with Gasteiger partial charge in [0.25, 0.3) is 0 Å². The summed E-state index contributed by atoms with van der Waals surface area (Å²) in [5.74, 6) is 12.9. The Morgan fingerprint density at radius 2 is 1.26 bits per heavy atom. The Labute approximate surface area is 171 Å². The summed E-state index contributed by atoms with van der Waals surface area (Å²) < 4.78 is 0. The van der Waals surface area contributed by atoms with Gasteiger partial charge in [-0.05, 0) is 47.4 Å². The minimum absolute atomic E-state index is 0.655. The molecular weight excluding hydrogens is 358 g/mol. The normalized spacial score (nSPS) is 11.2. The molecule has 0 unspecified atom stereocenters. The Balaban J connectivity index is 4.58. The molecule has 0 heterocycles. The molecule has 0 fully saturated rings. The molecule has 0 aliphatic rings. The number of nitrogens with zero attached hydrogens (tertiary/aromatic N) is 1. The molecule has 0 rings (SSSR count). The van der Waals surface area contributed by atoms with E-state index in [0.717, 1.165) is 31.7 Å². The van der Waals surface area contributed by atoms with Crippen LogP contribution in [0.4, 0.5) is 0 Å². The Kier molecular flexibility index (Phi) is 12.2. The lowest BCUT2D eigenvalue weighted by molar-refractivity contribution is 0.838. The van der Waals surface area contributed by atoms with Crippen molar-refractivity contribution in [2.75, 3.05) is 0 Å². The summed E-state index contributed by atoms with van der Waals surface area (Å²) in [6, 6.07) is 3.34. The molecule has 0 atom stereocenters. The fourth-order valence-electron chi connectivity index (χ4n) is 3.92. The summed E-state index contributed by atoms with van der Waals surface area (Å²) in [6.07, 6.45) is 4.45. The lowest BCUT2D eigenvalue weighted by atomic mass is 10.2. The van der Waals surface area contributed by atoms with Gasteiger partial charge in [0.1, 0.15) is 16.1 Å². The average Bonchev–Trinajstić information content (AvgIpc) is 2.55. The first-order chi connectivity index (χ1) is 12.6. The van der Waals surface area contributed by atoms with Crippen LogP contribution >= 0.6 is 0 Å². The highest BCUT2D eigenvalue weighted by molar-refractivity contribution is 6.90. The molecule has 27 heavy (non-hydrogen) atoms. The third kappa shape index (κ3) is 9.38. The van der Waals surface area contributed by atoms with Gasteiger partial charge in [0.15, 0.2) is 0 Å².